The second kappa shape index (κ2) is 8.32. The van der Waals surface area contributed by atoms with Gasteiger partial charge in [-0.05, 0) is 36.8 Å². The molecule has 0 aliphatic rings. The third kappa shape index (κ3) is 4.26. The van der Waals surface area contributed by atoms with Crippen LogP contribution in [0.4, 0.5) is 0 Å². The number of hydrogen-bond acceptors (Lipinski definition) is 5. The molecular formula is C19H21N5O3S. The molecule has 0 atom stereocenters. The Labute approximate surface area is 163 Å². The Bertz CT molecular complexity index is 1080. The number of aromatic nitrogens is 3. The van der Waals surface area contributed by atoms with Crippen LogP contribution >= 0.6 is 0 Å². The van der Waals surface area contributed by atoms with E-state index >= 15 is 0 Å². The summed E-state index contributed by atoms with van der Waals surface area (Å²) in [4.78, 5) is 17.1. The third-order valence-corrected chi connectivity index (χ3v) is 5.67. The molecule has 1 amide bonds. The van der Waals surface area contributed by atoms with E-state index in [1.165, 1.54) is 12.1 Å². The number of rotatable bonds is 7. The number of pyridine rings is 1. The number of sulfonamides is 1. The van der Waals surface area contributed by atoms with E-state index in [0.29, 0.717) is 16.9 Å². The molecule has 0 bridgehead atoms. The van der Waals surface area contributed by atoms with Gasteiger partial charge in [0.15, 0.2) is 5.82 Å². The first-order valence-electron chi connectivity index (χ1n) is 8.75. The quantitative estimate of drug-likeness (QED) is 0.630. The van der Waals surface area contributed by atoms with Crippen LogP contribution in [0.1, 0.15) is 28.4 Å². The number of nitrogens with one attached hydrogen (secondary N) is 2. The zero-order valence-electron chi connectivity index (χ0n) is 15.6. The molecule has 2 heterocycles. The molecule has 146 valence electrons. The van der Waals surface area contributed by atoms with Gasteiger partial charge in [-0.25, -0.2) is 22.8 Å². The van der Waals surface area contributed by atoms with Crippen LogP contribution in [0.25, 0.3) is 5.82 Å². The Balaban J connectivity index is 1.82. The molecule has 0 saturated carbocycles. The Kier molecular flexibility index (Phi) is 5.86. The van der Waals surface area contributed by atoms with E-state index in [1.54, 1.807) is 55.3 Å². The van der Waals surface area contributed by atoms with Crippen molar-refractivity contribution in [2.75, 3.05) is 6.54 Å². The number of hydrogen-bond donors (Lipinski definition) is 2. The van der Waals surface area contributed by atoms with Gasteiger partial charge in [0.2, 0.25) is 10.0 Å². The maximum absolute atomic E-state index is 12.7. The summed E-state index contributed by atoms with van der Waals surface area (Å²) < 4.78 is 28.5. The normalized spacial score (nSPS) is 11.4. The van der Waals surface area contributed by atoms with E-state index < -0.39 is 10.0 Å². The maximum Gasteiger partial charge on any atom is 0.251 e. The molecule has 0 saturated heterocycles. The van der Waals surface area contributed by atoms with Crippen LogP contribution in [0.3, 0.4) is 0 Å². The van der Waals surface area contributed by atoms with Gasteiger partial charge in [0, 0.05) is 42.8 Å². The minimum absolute atomic E-state index is 0.0590. The van der Waals surface area contributed by atoms with Gasteiger partial charge in [-0.1, -0.05) is 19.1 Å². The van der Waals surface area contributed by atoms with Gasteiger partial charge < -0.3 is 5.32 Å². The summed E-state index contributed by atoms with van der Waals surface area (Å²) in [6.45, 7) is 3.96. The third-order valence-electron chi connectivity index (χ3n) is 4.13. The van der Waals surface area contributed by atoms with E-state index in [2.05, 4.69) is 20.1 Å². The zero-order chi connectivity index (χ0) is 20.1. The average Bonchev–Trinajstić information content (AvgIpc) is 3.21. The van der Waals surface area contributed by atoms with Gasteiger partial charge in [0.25, 0.3) is 5.91 Å². The minimum atomic E-state index is -3.64. The van der Waals surface area contributed by atoms with E-state index in [4.69, 9.17) is 0 Å². The first-order chi connectivity index (χ1) is 13.4. The summed E-state index contributed by atoms with van der Waals surface area (Å²) in [5, 5.41) is 7.00. The highest BCUT2D eigenvalue weighted by Crippen LogP contribution is 2.16. The van der Waals surface area contributed by atoms with Crippen LogP contribution in [0, 0.1) is 6.92 Å². The SMILES string of the molecule is CCNS(=O)(=O)c1ccc(C)c(C(=O)NCc2cccnc2-n2cccn2)c1. The highest BCUT2D eigenvalue weighted by atomic mass is 32.2. The minimum Gasteiger partial charge on any atom is -0.348 e. The van der Waals surface area contributed by atoms with Crippen molar-refractivity contribution in [3.63, 3.8) is 0 Å². The molecule has 0 aliphatic carbocycles. The highest BCUT2D eigenvalue weighted by Gasteiger charge is 2.17. The fraction of sp³-hybridized carbons (Fsp3) is 0.211. The number of nitrogens with zero attached hydrogens (tertiary/aromatic N) is 3. The first-order valence-corrected chi connectivity index (χ1v) is 10.2. The van der Waals surface area contributed by atoms with E-state index in [9.17, 15) is 13.2 Å². The van der Waals surface area contributed by atoms with Crippen LogP contribution in [0.2, 0.25) is 0 Å². The van der Waals surface area contributed by atoms with Gasteiger partial charge in [-0.3, -0.25) is 4.79 Å². The van der Waals surface area contributed by atoms with Crippen LogP contribution < -0.4 is 10.0 Å². The summed E-state index contributed by atoms with van der Waals surface area (Å²) in [6, 6.07) is 9.92. The molecule has 2 N–H and O–H groups in total. The van der Waals surface area contributed by atoms with Crippen molar-refractivity contribution in [2.45, 2.75) is 25.3 Å². The molecule has 28 heavy (non-hydrogen) atoms. The Morgan fingerprint density at radius 1 is 1.18 bits per heavy atom. The van der Waals surface area contributed by atoms with E-state index in [0.717, 1.165) is 5.56 Å². The summed E-state index contributed by atoms with van der Waals surface area (Å²) in [6.07, 6.45) is 5.07. The lowest BCUT2D eigenvalue weighted by molar-refractivity contribution is 0.0950. The number of carbonyl (C=O) groups excluding carboxylic acids is 1. The first kappa shape index (κ1) is 19.7. The molecule has 2 aromatic heterocycles. The molecule has 8 nitrogen and oxygen atoms in total. The molecule has 3 rings (SSSR count). The lowest BCUT2D eigenvalue weighted by atomic mass is 10.1. The van der Waals surface area contributed by atoms with Crippen LogP contribution in [0.5, 0.6) is 0 Å². The van der Waals surface area contributed by atoms with E-state index in [1.807, 2.05) is 6.07 Å². The van der Waals surface area contributed by atoms with Crippen molar-refractivity contribution in [3.8, 4) is 5.82 Å². The summed E-state index contributed by atoms with van der Waals surface area (Å²) >= 11 is 0. The van der Waals surface area contributed by atoms with Crippen molar-refractivity contribution >= 4 is 15.9 Å². The predicted molar refractivity (Wildman–Crippen MR) is 105 cm³/mol. The molecule has 0 spiro atoms. The monoisotopic (exact) mass is 399 g/mol. The largest absolute Gasteiger partial charge is 0.348 e. The second-order valence-corrected chi connectivity index (χ2v) is 7.86. The lowest BCUT2D eigenvalue weighted by Gasteiger charge is -2.12. The molecule has 3 aromatic rings. The Morgan fingerprint density at radius 3 is 2.71 bits per heavy atom. The zero-order valence-corrected chi connectivity index (χ0v) is 16.4. The van der Waals surface area contributed by atoms with Crippen LogP contribution in [-0.4, -0.2) is 35.6 Å². The van der Waals surface area contributed by atoms with E-state index in [-0.39, 0.29) is 23.9 Å². The molecule has 0 fully saturated rings. The fourth-order valence-electron chi connectivity index (χ4n) is 2.73. The summed E-state index contributed by atoms with van der Waals surface area (Å²) in [5.41, 5.74) is 1.78. The van der Waals surface area contributed by atoms with Crippen molar-refractivity contribution in [3.05, 3.63) is 71.7 Å². The lowest BCUT2D eigenvalue weighted by Crippen LogP contribution is -2.26. The number of aryl methyl sites for hydroxylation is 1. The molecule has 1 aromatic carbocycles. The van der Waals surface area contributed by atoms with Crippen LogP contribution in [0.15, 0.2) is 59.9 Å². The van der Waals surface area contributed by atoms with Gasteiger partial charge in [-0.2, -0.15) is 5.10 Å². The Morgan fingerprint density at radius 2 is 2.00 bits per heavy atom. The molecule has 0 radical (unpaired) electrons. The smallest absolute Gasteiger partial charge is 0.251 e. The predicted octanol–water partition coefficient (Wildman–Crippen LogP) is 1.80. The molecular weight excluding hydrogens is 378 g/mol. The average molecular weight is 399 g/mol. The highest BCUT2D eigenvalue weighted by molar-refractivity contribution is 7.89. The van der Waals surface area contributed by atoms with Gasteiger partial charge >= 0.3 is 0 Å². The summed E-state index contributed by atoms with van der Waals surface area (Å²) in [5.74, 6) is 0.259. The molecule has 9 heteroatoms. The Hall–Kier alpha value is -3.04. The molecule has 0 unspecified atom stereocenters. The molecule has 0 aliphatic heterocycles. The number of carbonyl (C=O) groups is 1. The fourth-order valence-corrected chi connectivity index (χ4v) is 3.79. The van der Waals surface area contributed by atoms with Gasteiger partial charge in [0.1, 0.15) is 0 Å². The van der Waals surface area contributed by atoms with Gasteiger partial charge in [0.05, 0.1) is 4.90 Å². The van der Waals surface area contributed by atoms with Crippen molar-refractivity contribution in [1.29, 1.82) is 0 Å². The van der Waals surface area contributed by atoms with Gasteiger partial charge in [-0.15, -0.1) is 0 Å². The number of amides is 1. The standard InChI is InChI=1S/C19H21N5O3S/c1-3-23-28(26,27)16-8-7-14(2)17(12-16)19(25)21-13-15-6-4-9-20-18(15)24-11-5-10-22-24/h4-12,23H,3,13H2,1-2H3,(H,21,25). The number of benzene rings is 1. The van der Waals surface area contributed by atoms with Crippen molar-refractivity contribution in [2.24, 2.45) is 0 Å². The van der Waals surface area contributed by atoms with Crippen molar-refractivity contribution < 1.29 is 13.2 Å². The topological polar surface area (TPSA) is 106 Å². The maximum atomic E-state index is 12.7. The second-order valence-electron chi connectivity index (χ2n) is 6.10. The van der Waals surface area contributed by atoms with Crippen LogP contribution in [-0.2, 0) is 16.6 Å². The summed E-state index contributed by atoms with van der Waals surface area (Å²) in [7, 11) is -3.64. The van der Waals surface area contributed by atoms with Crippen molar-refractivity contribution in [1.82, 2.24) is 24.8 Å².